The van der Waals surface area contributed by atoms with Crippen molar-refractivity contribution in [3.8, 4) is 0 Å². The van der Waals surface area contributed by atoms with Gasteiger partial charge in [-0.2, -0.15) is 0 Å². The van der Waals surface area contributed by atoms with E-state index in [-0.39, 0.29) is 18.4 Å². The quantitative estimate of drug-likeness (QED) is 0.913. The zero-order valence-electron chi connectivity index (χ0n) is 11.4. The minimum atomic E-state index is -0.0825. The van der Waals surface area contributed by atoms with E-state index in [2.05, 4.69) is 28.1 Å². The summed E-state index contributed by atoms with van der Waals surface area (Å²) < 4.78 is 2.15. The number of hydrogen-bond acceptors (Lipinski definition) is 2. The van der Waals surface area contributed by atoms with Crippen molar-refractivity contribution >= 4 is 22.7 Å². The van der Waals surface area contributed by atoms with Crippen molar-refractivity contribution in [2.24, 2.45) is 0 Å². The molecule has 0 radical (unpaired) electrons. The van der Waals surface area contributed by atoms with Gasteiger partial charge in [0.1, 0.15) is 6.54 Å². The summed E-state index contributed by atoms with van der Waals surface area (Å²) in [5.74, 6) is -0.0681. The van der Waals surface area contributed by atoms with Crippen molar-refractivity contribution in [3.05, 3.63) is 36.0 Å². The van der Waals surface area contributed by atoms with Crippen LogP contribution in [0.15, 0.2) is 30.3 Å². The van der Waals surface area contributed by atoms with E-state index in [4.69, 9.17) is 0 Å². The van der Waals surface area contributed by atoms with Crippen LogP contribution in [0, 0.1) is 6.92 Å². The average molecular weight is 271 g/mol. The molecule has 0 spiro atoms. The van der Waals surface area contributed by atoms with Crippen LogP contribution in [0.4, 0.5) is 0 Å². The number of hydrogen-bond donors (Lipinski definition) is 1. The monoisotopic (exact) mass is 271 g/mol. The van der Waals surface area contributed by atoms with Crippen molar-refractivity contribution in [1.82, 2.24) is 14.8 Å². The highest BCUT2D eigenvalue weighted by atomic mass is 16.2. The van der Waals surface area contributed by atoms with Crippen LogP contribution in [-0.2, 0) is 16.1 Å². The zero-order chi connectivity index (χ0) is 14.1. The smallest absolute Gasteiger partial charge is 0.241 e. The van der Waals surface area contributed by atoms with Gasteiger partial charge in [0.25, 0.3) is 0 Å². The van der Waals surface area contributed by atoms with Crippen LogP contribution in [0.2, 0.25) is 0 Å². The number of aryl methyl sites for hydroxylation is 2. The van der Waals surface area contributed by atoms with Gasteiger partial charge in [0.2, 0.25) is 11.8 Å². The van der Waals surface area contributed by atoms with Gasteiger partial charge in [-0.3, -0.25) is 9.59 Å². The standard InChI is InChI=1S/C15H17N3O2/c1-11-8-12-4-2-3-5-13(12)18(11)7-6-15(20)17-9-14(19)16-10-17/h2-5,8H,6-7,9-10H2,1H3,(H,16,19). The molecule has 2 amide bonds. The maximum atomic E-state index is 12.1. The maximum absolute atomic E-state index is 12.1. The van der Waals surface area contributed by atoms with Gasteiger partial charge in [-0.1, -0.05) is 18.2 Å². The van der Waals surface area contributed by atoms with E-state index in [9.17, 15) is 9.59 Å². The van der Waals surface area contributed by atoms with E-state index < -0.39 is 0 Å². The summed E-state index contributed by atoms with van der Waals surface area (Å²) >= 11 is 0. The topological polar surface area (TPSA) is 54.3 Å². The van der Waals surface area contributed by atoms with Crippen LogP contribution in [0.25, 0.3) is 10.9 Å². The number of fused-ring (bicyclic) bond motifs is 1. The van der Waals surface area contributed by atoms with Crippen molar-refractivity contribution in [2.45, 2.75) is 19.9 Å². The predicted octanol–water partition coefficient (Wildman–Crippen LogP) is 1.26. The molecule has 2 heterocycles. The molecule has 1 N–H and O–H groups in total. The summed E-state index contributed by atoms with van der Waals surface area (Å²) in [7, 11) is 0. The first-order valence-electron chi connectivity index (χ1n) is 6.74. The lowest BCUT2D eigenvalue weighted by molar-refractivity contribution is -0.131. The van der Waals surface area contributed by atoms with E-state index in [1.54, 1.807) is 4.90 Å². The lowest BCUT2D eigenvalue weighted by Crippen LogP contribution is -2.30. The van der Waals surface area contributed by atoms with Crippen molar-refractivity contribution in [2.75, 3.05) is 13.2 Å². The van der Waals surface area contributed by atoms with Gasteiger partial charge < -0.3 is 14.8 Å². The Morgan fingerprint density at radius 3 is 2.90 bits per heavy atom. The van der Waals surface area contributed by atoms with Gasteiger partial charge in [-0.25, -0.2) is 0 Å². The van der Waals surface area contributed by atoms with Gasteiger partial charge in [-0.05, 0) is 24.4 Å². The molecule has 0 bridgehead atoms. The Morgan fingerprint density at radius 2 is 2.15 bits per heavy atom. The van der Waals surface area contributed by atoms with Crippen molar-refractivity contribution in [1.29, 1.82) is 0 Å². The lowest BCUT2D eigenvalue weighted by Gasteiger charge is -2.14. The Hall–Kier alpha value is -2.30. The first-order chi connectivity index (χ1) is 9.65. The van der Waals surface area contributed by atoms with Crippen LogP contribution < -0.4 is 5.32 Å². The predicted molar refractivity (Wildman–Crippen MR) is 76.0 cm³/mol. The molecule has 1 aliphatic heterocycles. The summed E-state index contributed by atoms with van der Waals surface area (Å²) in [4.78, 5) is 24.7. The molecule has 1 fully saturated rings. The Kier molecular flexibility index (Phi) is 3.18. The Morgan fingerprint density at radius 1 is 1.35 bits per heavy atom. The number of nitrogens with one attached hydrogen (secondary N) is 1. The Balaban J connectivity index is 1.72. The van der Waals surface area contributed by atoms with E-state index >= 15 is 0 Å². The third-order valence-electron chi connectivity index (χ3n) is 3.72. The third-order valence-corrected chi connectivity index (χ3v) is 3.72. The van der Waals surface area contributed by atoms with Gasteiger partial charge in [-0.15, -0.1) is 0 Å². The van der Waals surface area contributed by atoms with E-state index in [1.165, 1.54) is 5.39 Å². The van der Waals surface area contributed by atoms with Crippen molar-refractivity contribution in [3.63, 3.8) is 0 Å². The molecule has 104 valence electrons. The molecular weight excluding hydrogens is 254 g/mol. The van der Waals surface area contributed by atoms with Gasteiger partial charge in [0, 0.05) is 24.2 Å². The van der Waals surface area contributed by atoms with E-state index in [0.29, 0.717) is 19.6 Å². The number of aromatic nitrogens is 1. The number of nitrogens with zero attached hydrogens (tertiary/aromatic N) is 2. The molecule has 5 nitrogen and oxygen atoms in total. The average Bonchev–Trinajstić information content (AvgIpc) is 2.99. The number of rotatable bonds is 3. The minimum absolute atomic E-state index is 0.0144. The lowest BCUT2D eigenvalue weighted by atomic mass is 10.2. The molecule has 0 unspecified atom stereocenters. The summed E-state index contributed by atoms with van der Waals surface area (Å²) in [5, 5.41) is 3.83. The molecular formula is C15H17N3O2. The highest BCUT2D eigenvalue weighted by Gasteiger charge is 2.22. The highest BCUT2D eigenvalue weighted by Crippen LogP contribution is 2.19. The van der Waals surface area contributed by atoms with Gasteiger partial charge in [0.05, 0.1) is 6.67 Å². The van der Waals surface area contributed by atoms with E-state index in [1.807, 2.05) is 19.1 Å². The van der Waals surface area contributed by atoms with Crippen LogP contribution in [0.3, 0.4) is 0 Å². The Bertz CT molecular complexity index is 675. The first-order valence-corrected chi connectivity index (χ1v) is 6.74. The highest BCUT2D eigenvalue weighted by molar-refractivity contribution is 5.87. The summed E-state index contributed by atoms with van der Waals surface area (Å²) in [6.07, 6.45) is 0.411. The number of amides is 2. The molecule has 2 aromatic rings. The molecule has 1 saturated heterocycles. The largest absolute Gasteiger partial charge is 0.344 e. The minimum Gasteiger partial charge on any atom is -0.344 e. The summed E-state index contributed by atoms with van der Waals surface area (Å²) in [6.45, 7) is 3.21. The molecule has 1 aromatic carbocycles. The molecule has 3 rings (SSSR count). The fraction of sp³-hybridized carbons (Fsp3) is 0.333. The molecule has 5 heteroatoms. The van der Waals surface area contributed by atoms with E-state index in [0.717, 1.165) is 11.2 Å². The zero-order valence-corrected chi connectivity index (χ0v) is 11.4. The Labute approximate surface area is 117 Å². The fourth-order valence-corrected chi connectivity index (χ4v) is 2.66. The van der Waals surface area contributed by atoms with Crippen LogP contribution in [0.1, 0.15) is 12.1 Å². The van der Waals surface area contributed by atoms with Crippen LogP contribution in [0.5, 0.6) is 0 Å². The van der Waals surface area contributed by atoms with Gasteiger partial charge >= 0.3 is 0 Å². The number of carbonyl (C=O) groups excluding carboxylic acids is 2. The van der Waals surface area contributed by atoms with Crippen molar-refractivity contribution < 1.29 is 9.59 Å². The summed E-state index contributed by atoms with van der Waals surface area (Å²) in [6, 6.07) is 10.3. The molecule has 20 heavy (non-hydrogen) atoms. The normalized spacial score (nSPS) is 14.8. The first kappa shape index (κ1) is 12.7. The second-order valence-electron chi connectivity index (χ2n) is 5.10. The maximum Gasteiger partial charge on any atom is 0.241 e. The number of benzene rings is 1. The number of carbonyl (C=O) groups is 2. The molecule has 1 aromatic heterocycles. The second kappa shape index (κ2) is 5.00. The fourth-order valence-electron chi connectivity index (χ4n) is 2.66. The molecule has 0 atom stereocenters. The van der Waals surface area contributed by atoms with Crippen LogP contribution in [-0.4, -0.2) is 34.5 Å². The SMILES string of the molecule is Cc1cc2ccccc2n1CCC(=O)N1CNC(=O)C1. The van der Waals surface area contributed by atoms with Crippen LogP contribution >= 0.6 is 0 Å². The molecule has 1 aliphatic rings. The number of para-hydroxylation sites is 1. The third kappa shape index (κ3) is 2.27. The molecule has 0 aliphatic carbocycles. The molecule has 0 saturated carbocycles. The second-order valence-corrected chi connectivity index (χ2v) is 5.10. The van der Waals surface area contributed by atoms with Gasteiger partial charge in [0.15, 0.2) is 0 Å². The summed E-state index contributed by atoms with van der Waals surface area (Å²) in [5.41, 5.74) is 2.29.